The molecule has 6 heteroatoms. The monoisotopic (exact) mass is 372 g/mol. The maximum Gasteiger partial charge on any atom is 0.292 e. The van der Waals surface area contributed by atoms with Gasteiger partial charge in [0, 0.05) is 30.3 Å². The zero-order valence-electron chi connectivity index (χ0n) is 16.2. The van der Waals surface area contributed by atoms with E-state index < -0.39 is 5.79 Å². The van der Waals surface area contributed by atoms with Gasteiger partial charge in [-0.25, -0.2) is 0 Å². The lowest BCUT2D eigenvalue weighted by atomic mass is 10.0. The van der Waals surface area contributed by atoms with Crippen molar-refractivity contribution in [2.45, 2.75) is 57.8 Å². The van der Waals surface area contributed by atoms with Crippen LogP contribution in [-0.4, -0.2) is 49.1 Å². The predicted molar refractivity (Wildman–Crippen MR) is 102 cm³/mol. The molecule has 146 valence electrons. The highest BCUT2D eigenvalue weighted by Gasteiger charge is 2.56. The van der Waals surface area contributed by atoms with E-state index in [1.54, 1.807) is 4.90 Å². The second-order valence-electron chi connectivity index (χ2n) is 7.68. The van der Waals surface area contributed by atoms with E-state index in [0.717, 1.165) is 44.5 Å². The van der Waals surface area contributed by atoms with E-state index >= 15 is 0 Å². The Labute approximate surface area is 160 Å². The first kappa shape index (κ1) is 18.4. The molecule has 1 unspecified atom stereocenters. The Bertz CT molecular complexity index is 736. The standard InChI is InChI=1S/C21H28N2O4/c1-3-15(2)23-18-9-8-16(19(24)22-10-5-4-6-11-22)14-17(18)21(20(23)25)26-12-7-13-27-21/h8-9,14-15H,3-7,10-13H2,1-2H3. The molecule has 27 heavy (non-hydrogen) atoms. The lowest BCUT2D eigenvalue weighted by Crippen LogP contribution is -2.49. The maximum absolute atomic E-state index is 13.3. The first-order valence-corrected chi connectivity index (χ1v) is 10.1. The molecule has 1 atom stereocenters. The molecule has 0 aromatic heterocycles. The third-order valence-corrected chi connectivity index (χ3v) is 5.93. The Morgan fingerprint density at radius 2 is 1.85 bits per heavy atom. The number of piperidine rings is 1. The minimum Gasteiger partial charge on any atom is -0.339 e. The summed E-state index contributed by atoms with van der Waals surface area (Å²) in [6.07, 6.45) is 4.87. The van der Waals surface area contributed by atoms with Crippen LogP contribution in [0.15, 0.2) is 18.2 Å². The molecule has 2 saturated heterocycles. The van der Waals surface area contributed by atoms with Crippen LogP contribution in [0, 0.1) is 0 Å². The Morgan fingerprint density at radius 1 is 1.15 bits per heavy atom. The van der Waals surface area contributed by atoms with Crippen molar-refractivity contribution in [2.24, 2.45) is 0 Å². The molecule has 3 heterocycles. The van der Waals surface area contributed by atoms with Crippen LogP contribution in [0.25, 0.3) is 0 Å². The molecule has 0 radical (unpaired) electrons. The summed E-state index contributed by atoms with van der Waals surface area (Å²) in [5.41, 5.74) is 2.08. The number of nitrogens with zero attached hydrogens (tertiary/aromatic N) is 2. The van der Waals surface area contributed by atoms with Gasteiger partial charge in [-0.15, -0.1) is 0 Å². The first-order chi connectivity index (χ1) is 13.1. The van der Waals surface area contributed by atoms with Crippen LogP contribution in [0.1, 0.15) is 61.9 Å². The summed E-state index contributed by atoms with van der Waals surface area (Å²) in [6.45, 7) is 6.63. The summed E-state index contributed by atoms with van der Waals surface area (Å²) in [5.74, 6) is -1.54. The van der Waals surface area contributed by atoms with Gasteiger partial charge in [-0.05, 0) is 57.2 Å². The van der Waals surface area contributed by atoms with Crippen molar-refractivity contribution in [1.82, 2.24) is 4.90 Å². The Kier molecular flexibility index (Phi) is 4.95. The molecule has 4 rings (SSSR count). The average Bonchev–Trinajstić information content (AvgIpc) is 2.96. The van der Waals surface area contributed by atoms with Crippen LogP contribution >= 0.6 is 0 Å². The number of hydrogen-bond donors (Lipinski definition) is 0. The number of rotatable bonds is 3. The highest BCUT2D eigenvalue weighted by atomic mass is 16.7. The maximum atomic E-state index is 13.3. The van der Waals surface area contributed by atoms with Crippen LogP contribution in [0.5, 0.6) is 0 Å². The van der Waals surface area contributed by atoms with Crippen molar-refractivity contribution in [3.05, 3.63) is 29.3 Å². The first-order valence-electron chi connectivity index (χ1n) is 10.1. The highest BCUT2D eigenvalue weighted by molar-refractivity contribution is 6.07. The van der Waals surface area contributed by atoms with E-state index in [-0.39, 0.29) is 17.9 Å². The van der Waals surface area contributed by atoms with Crippen molar-refractivity contribution < 1.29 is 19.1 Å². The van der Waals surface area contributed by atoms with Crippen molar-refractivity contribution >= 4 is 17.5 Å². The van der Waals surface area contributed by atoms with Gasteiger partial charge in [-0.1, -0.05) is 6.92 Å². The predicted octanol–water partition coefficient (Wildman–Crippen LogP) is 3.05. The molecule has 1 aromatic carbocycles. The molecule has 0 saturated carbocycles. The molecule has 0 aliphatic carbocycles. The van der Waals surface area contributed by atoms with Crippen molar-refractivity contribution in [3.8, 4) is 0 Å². The number of benzene rings is 1. The van der Waals surface area contributed by atoms with E-state index in [2.05, 4.69) is 6.92 Å². The Balaban J connectivity index is 1.75. The third-order valence-electron chi connectivity index (χ3n) is 5.93. The van der Waals surface area contributed by atoms with E-state index in [9.17, 15) is 9.59 Å². The SMILES string of the molecule is CCC(C)N1C(=O)C2(OCCCO2)c2cc(C(=O)N3CCCCC3)ccc21. The van der Waals surface area contributed by atoms with Gasteiger partial charge in [-0.3, -0.25) is 9.59 Å². The number of ether oxygens (including phenoxy) is 2. The summed E-state index contributed by atoms with van der Waals surface area (Å²) >= 11 is 0. The number of amides is 2. The summed E-state index contributed by atoms with van der Waals surface area (Å²) in [6, 6.07) is 5.57. The van der Waals surface area contributed by atoms with E-state index in [0.29, 0.717) is 24.3 Å². The summed E-state index contributed by atoms with van der Waals surface area (Å²) < 4.78 is 11.9. The van der Waals surface area contributed by atoms with Crippen LogP contribution in [0.3, 0.4) is 0 Å². The van der Waals surface area contributed by atoms with Gasteiger partial charge in [0.2, 0.25) is 0 Å². The zero-order valence-corrected chi connectivity index (χ0v) is 16.2. The number of likely N-dealkylation sites (tertiary alicyclic amines) is 1. The third kappa shape index (κ3) is 2.95. The number of carbonyl (C=O) groups is 2. The molecule has 1 spiro atoms. The van der Waals surface area contributed by atoms with Crippen LogP contribution in [0.2, 0.25) is 0 Å². The summed E-state index contributed by atoms with van der Waals surface area (Å²) in [4.78, 5) is 30.0. The van der Waals surface area contributed by atoms with Crippen LogP contribution in [-0.2, 0) is 20.1 Å². The van der Waals surface area contributed by atoms with Gasteiger partial charge in [0.05, 0.1) is 18.9 Å². The van der Waals surface area contributed by atoms with E-state index in [4.69, 9.17) is 9.47 Å². The normalized spacial score (nSPS) is 22.8. The van der Waals surface area contributed by atoms with Gasteiger partial charge in [0.1, 0.15) is 0 Å². The van der Waals surface area contributed by atoms with Gasteiger partial charge in [0.25, 0.3) is 17.6 Å². The fraction of sp³-hybridized carbons (Fsp3) is 0.619. The molecular weight excluding hydrogens is 344 g/mol. The average molecular weight is 372 g/mol. The van der Waals surface area contributed by atoms with Gasteiger partial charge >= 0.3 is 0 Å². The lowest BCUT2D eigenvalue weighted by Gasteiger charge is -2.33. The smallest absolute Gasteiger partial charge is 0.292 e. The minimum atomic E-state index is -1.39. The van der Waals surface area contributed by atoms with Crippen LogP contribution in [0.4, 0.5) is 5.69 Å². The molecule has 1 aromatic rings. The Morgan fingerprint density at radius 3 is 2.52 bits per heavy atom. The quantitative estimate of drug-likeness (QED) is 0.818. The van der Waals surface area contributed by atoms with E-state index in [1.807, 2.05) is 30.0 Å². The molecular formula is C21H28N2O4. The molecule has 0 bridgehead atoms. The van der Waals surface area contributed by atoms with Crippen LogP contribution < -0.4 is 4.90 Å². The van der Waals surface area contributed by atoms with Gasteiger partial charge in [0.15, 0.2) is 0 Å². The largest absolute Gasteiger partial charge is 0.339 e. The molecule has 0 N–H and O–H groups in total. The fourth-order valence-corrected chi connectivity index (χ4v) is 4.24. The summed E-state index contributed by atoms with van der Waals surface area (Å²) in [7, 11) is 0. The van der Waals surface area contributed by atoms with Gasteiger partial charge < -0.3 is 19.3 Å². The van der Waals surface area contributed by atoms with Crippen molar-refractivity contribution in [1.29, 1.82) is 0 Å². The number of hydrogen-bond acceptors (Lipinski definition) is 4. The molecule has 3 aliphatic rings. The fourth-order valence-electron chi connectivity index (χ4n) is 4.24. The van der Waals surface area contributed by atoms with Gasteiger partial charge in [-0.2, -0.15) is 0 Å². The number of anilines is 1. The number of carbonyl (C=O) groups excluding carboxylic acids is 2. The summed E-state index contributed by atoms with van der Waals surface area (Å²) in [5, 5.41) is 0. The topological polar surface area (TPSA) is 59.1 Å². The van der Waals surface area contributed by atoms with Crippen molar-refractivity contribution in [2.75, 3.05) is 31.2 Å². The molecule has 6 nitrogen and oxygen atoms in total. The highest BCUT2D eigenvalue weighted by Crippen LogP contribution is 2.46. The number of fused-ring (bicyclic) bond motifs is 2. The van der Waals surface area contributed by atoms with E-state index in [1.165, 1.54) is 6.42 Å². The lowest BCUT2D eigenvalue weighted by molar-refractivity contribution is -0.257. The zero-order chi connectivity index (χ0) is 19.0. The molecule has 3 aliphatic heterocycles. The molecule has 2 fully saturated rings. The second kappa shape index (κ2) is 7.24. The molecule has 2 amide bonds. The Hall–Kier alpha value is -1.92. The van der Waals surface area contributed by atoms with Crippen molar-refractivity contribution in [3.63, 3.8) is 0 Å². The minimum absolute atomic E-state index is 0.0258. The second-order valence-corrected chi connectivity index (χ2v) is 7.68.